The van der Waals surface area contributed by atoms with Crippen LogP contribution in [-0.4, -0.2) is 18.4 Å². The van der Waals surface area contributed by atoms with Crippen LogP contribution in [0.5, 0.6) is 0 Å². The standard InChI is InChI=1S/C11H18O3/c1-4-10(12)14-11(5-2)9(3)7-6-8-13-11/h4,9H,1,5-8H2,2-3H3. The van der Waals surface area contributed by atoms with Crippen molar-refractivity contribution < 1.29 is 14.3 Å². The maximum atomic E-state index is 11.2. The fourth-order valence-corrected chi connectivity index (χ4v) is 1.86. The molecule has 2 unspecified atom stereocenters. The second-order valence-corrected chi connectivity index (χ2v) is 3.68. The minimum Gasteiger partial charge on any atom is -0.430 e. The summed E-state index contributed by atoms with van der Waals surface area (Å²) in [7, 11) is 0. The largest absolute Gasteiger partial charge is 0.430 e. The lowest BCUT2D eigenvalue weighted by molar-refractivity contribution is -0.267. The molecule has 3 nitrogen and oxygen atoms in total. The van der Waals surface area contributed by atoms with Gasteiger partial charge in [-0.1, -0.05) is 20.4 Å². The average molecular weight is 198 g/mol. The van der Waals surface area contributed by atoms with E-state index in [-0.39, 0.29) is 5.92 Å². The average Bonchev–Trinajstić information content (AvgIpc) is 2.21. The first-order chi connectivity index (χ1) is 6.64. The van der Waals surface area contributed by atoms with Gasteiger partial charge in [-0.25, -0.2) is 4.79 Å². The molecule has 14 heavy (non-hydrogen) atoms. The fraction of sp³-hybridized carbons (Fsp3) is 0.727. The summed E-state index contributed by atoms with van der Waals surface area (Å²) < 4.78 is 10.9. The van der Waals surface area contributed by atoms with Gasteiger partial charge in [0.1, 0.15) is 0 Å². The molecule has 1 aliphatic rings. The lowest BCUT2D eigenvalue weighted by Crippen LogP contribution is -2.46. The number of rotatable bonds is 3. The Morgan fingerprint density at radius 1 is 1.79 bits per heavy atom. The quantitative estimate of drug-likeness (QED) is 0.515. The second-order valence-electron chi connectivity index (χ2n) is 3.68. The molecule has 3 heteroatoms. The van der Waals surface area contributed by atoms with Crippen LogP contribution < -0.4 is 0 Å². The molecule has 0 aromatic rings. The van der Waals surface area contributed by atoms with Crippen LogP contribution in [0.2, 0.25) is 0 Å². The van der Waals surface area contributed by atoms with E-state index in [1.165, 1.54) is 6.08 Å². The van der Waals surface area contributed by atoms with Crippen LogP contribution in [0.25, 0.3) is 0 Å². The third-order valence-electron chi connectivity index (χ3n) is 2.81. The number of ether oxygens (including phenoxy) is 2. The first kappa shape index (κ1) is 11.2. The number of esters is 1. The molecule has 2 atom stereocenters. The molecule has 0 aliphatic carbocycles. The van der Waals surface area contributed by atoms with Crippen molar-refractivity contribution >= 4 is 5.97 Å². The van der Waals surface area contributed by atoms with Crippen molar-refractivity contribution in [3.63, 3.8) is 0 Å². The van der Waals surface area contributed by atoms with Gasteiger partial charge in [-0.15, -0.1) is 0 Å². The SMILES string of the molecule is C=CC(=O)OC1(CC)OCCCC1C. The third-order valence-corrected chi connectivity index (χ3v) is 2.81. The Morgan fingerprint density at radius 2 is 2.50 bits per heavy atom. The predicted molar refractivity (Wildman–Crippen MR) is 53.7 cm³/mol. The van der Waals surface area contributed by atoms with Gasteiger partial charge in [0.2, 0.25) is 5.79 Å². The van der Waals surface area contributed by atoms with Crippen molar-refractivity contribution in [2.45, 2.75) is 38.9 Å². The molecule has 1 fully saturated rings. The smallest absolute Gasteiger partial charge is 0.332 e. The lowest BCUT2D eigenvalue weighted by Gasteiger charge is -2.40. The Balaban J connectivity index is 2.72. The van der Waals surface area contributed by atoms with Crippen LogP contribution in [0.1, 0.15) is 33.1 Å². The van der Waals surface area contributed by atoms with Gasteiger partial charge >= 0.3 is 5.97 Å². The van der Waals surface area contributed by atoms with Gasteiger partial charge in [0.05, 0.1) is 6.61 Å². The summed E-state index contributed by atoms with van der Waals surface area (Å²) in [5, 5.41) is 0. The van der Waals surface area contributed by atoms with Crippen molar-refractivity contribution in [1.29, 1.82) is 0 Å². The van der Waals surface area contributed by atoms with E-state index in [4.69, 9.17) is 9.47 Å². The zero-order valence-electron chi connectivity index (χ0n) is 8.91. The van der Waals surface area contributed by atoms with Crippen LogP contribution in [0.15, 0.2) is 12.7 Å². The summed E-state index contributed by atoms with van der Waals surface area (Å²) in [5.74, 6) is -0.866. The highest BCUT2D eigenvalue weighted by Gasteiger charge is 2.41. The molecule has 0 bridgehead atoms. The highest BCUT2D eigenvalue weighted by molar-refractivity contribution is 5.81. The molecular formula is C11H18O3. The van der Waals surface area contributed by atoms with Crippen molar-refractivity contribution in [1.82, 2.24) is 0 Å². The van der Waals surface area contributed by atoms with E-state index in [9.17, 15) is 4.79 Å². The predicted octanol–water partition coefficient (Wildman–Crippen LogP) is 2.27. The summed E-state index contributed by atoms with van der Waals surface area (Å²) in [6.45, 7) is 8.08. The van der Waals surface area contributed by atoms with Crippen molar-refractivity contribution in [2.75, 3.05) is 6.61 Å². The normalized spacial score (nSPS) is 32.3. The highest BCUT2D eigenvalue weighted by Crippen LogP contribution is 2.34. The van der Waals surface area contributed by atoms with Crippen LogP contribution >= 0.6 is 0 Å². The van der Waals surface area contributed by atoms with E-state index in [0.717, 1.165) is 12.8 Å². The molecule has 0 amide bonds. The first-order valence-corrected chi connectivity index (χ1v) is 5.14. The zero-order chi connectivity index (χ0) is 10.6. The molecule has 0 aromatic carbocycles. The number of carbonyl (C=O) groups is 1. The van der Waals surface area contributed by atoms with Crippen molar-refractivity contribution in [3.05, 3.63) is 12.7 Å². The van der Waals surface area contributed by atoms with E-state index in [0.29, 0.717) is 13.0 Å². The Labute approximate surface area is 85.1 Å². The summed E-state index contributed by atoms with van der Waals surface area (Å²) in [6, 6.07) is 0. The summed E-state index contributed by atoms with van der Waals surface area (Å²) in [6.07, 6.45) is 3.95. The van der Waals surface area contributed by atoms with E-state index in [1.807, 2.05) is 6.92 Å². The number of carbonyl (C=O) groups excluding carboxylic acids is 1. The first-order valence-electron chi connectivity index (χ1n) is 5.14. The maximum absolute atomic E-state index is 11.2. The van der Waals surface area contributed by atoms with E-state index in [2.05, 4.69) is 13.5 Å². The van der Waals surface area contributed by atoms with Crippen molar-refractivity contribution in [2.24, 2.45) is 5.92 Å². The maximum Gasteiger partial charge on any atom is 0.332 e. The summed E-state index contributed by atoms with van der Waals surface area (Å²) >= 11 is 0. The van der Waals surface area contributed by atoms with Gasteiger partial charge in [0.25, 0.3) is 0 Å². The van der Waals surface area contributed by atoms with Crippen LogP contribution in [0.3, 0.4) is 0 Å². The third kappa shape index (κ3) is 2.15. The molecule has 0 aromatic heterocycles. The van der Waals surface area contributed by atoms with Gasteiger partial charge in [0, 0.05) is 18.4 Å². The molecule has 0 spiro atoms. The molecule has 1 saturated heterocycles. The Bertz CT molecular complexity index is 225. The Kier molecular flexibility index (Phi) is 3.69. The van der Waals surface area contributed by atoms with E-state index in [1.54, 1.807) is 0 Å². The monoisotopic (exact) mass is 198 g/mol. The van der Waals surface area contributed by atoms with Gasteiger partial charge in [-0.05, 0) is 12.8 Å². The molecule has 0 N–H and O–H groups in total. The van der Waals surface area contributed by atoms with Crippen LogP contribution in [-0.2, 0) is 14.3 Å². The molecule has 80 valence electrons. The van der Waals surface area contributed by atoms with Gasteiger partial charge < -0.3 is 9.47 Å². The molecule has 1 heterocycles. The van der Waals surface area contributed by atoms with Crippen molar-refractivity contribution in [3.8, 4) is 0 Å². The zero-order valence-corrected chi connectivity index (χ0v) is 8.91. The molecule has 0 saturated carbocycles. The van der Waals surface area contributed by atoms with Gasteiger partial charge in [0.15, 0.2) is 0 Å². The molecule has 0 radical (unpaired) electrons. The minimum atomic E-state index is -0.719. The number of hydrogen-bond donors (Lipinski definition) is 0. The molecular weight excluding hydrogens is 180 g/mol. The van der Waals surface area contributed by atoms with E-state index < -0.39 is 11.8 Å². The highest BCUT2D eigenvalue weighted by atomic mass is 16.7. The van der Waals surface area contributed by atoms with Gasteiger partial charge in [-0.3, -0.25) is 0 Å². The molecule has 1 rings (SSSR count). The van der Waals surface area contributed by atoms with E-state index >= 15 is 0 Å². The summed E-state index contributed by atoms with van der Waals surface area (Å²) in [4.78, 5) is 11.2. The van der Waals surface area contributed by atoms with Crippen LogP contribution in [0, 0.1) is 5.92 Å². The topological polar surface area (TPSA) is 35.5 Å². The summed E-state index contributed by atoms with van der Waals surface area (Å²) in [5.41, 5.74) is 0. The second kappa shape index (κ2) is 4.60. The lowest BCUT2D eigenvalue weighted by atomic mass is 9.91. The fourth-order valence-electron chi connectivity index (χ4n) is 1.86. The van der Waals surface area contributed by atoms with Crippen LogP contribution in [0.4, 0.5) is 0 Å². The number of hydrogen-bond acceptors (Lipinski definition) is 3. The Hall–Kier alpha value is -0.830. The Morgan fingerprint density at radius 3 is 3.00 bits per heavy atom. The minimum absolute atomic E-state index is 0.255. The molecule has 1 aliphatic heterocycles. The van der Waals surface area contributed by atoms with Gasteiger partial charge in [-0.2, -0.15) is 0 Å².